The van der Waals surface area contributed by atoms with Gasteiger partial charge in [0.1, 0.15) is 5.83 Å². The van der Waals surface area contributed by atoms with Gasteiger partial charge in [0, 0.05) is 0 Å². The Balaban J connectivity index is 4.42. The van der Waals surface area contributed by atoms with Crippen LogP contribution in [0.4, 0.5) is 8.78 Å². The van der Waals surface area contributed by atoms with E-state index in [-0.39, 0.29) is 11.4 Å². The Kier molecular flexibility index (Phi) is 3.62. The summed E-state index contributed by atoms with van der Waals surface area (Å²) in [5, 5.41) is 0. The Morgan fingerprint density at radius 3 is 2.10 bits per heavy atom. The van der Waals surface area contributed by atoms with Crippen LogP contribution >= 0.6 is 0 Å². The van der Waals surface area contributed by atoms with Crippen molar-refractivity contribution in [1.82, 2.24) is 0 Å². The number of hydrogen-bond donors (Lipinski definition) is 0. The van der Waals surface area contributed by atoms with Gasteiger partial charge in [-0.1, -0.05) is 6.58 Å². The standard InChI is InChI=1S/C8H10F2/c1-4-8(10)5-6(2)7(3)9/h4-5H,1H2,2-3H3/b7-6+,8-5+. The molecule has 0 aliphatic heterocycles. The van der Waals surface area contributed by atoms with Crippen LogP contribution in [0.2, 0.25) is 0 Å². The fraction of sp³-hybridized carbons (Fsp3) is 0.250. The number of hydrogen-bond acceptors (Lipinski definition) is 0. The van der Waals surface area contributed by atoms with E-state index in [0.717, 1.165) is 12.2 Å². The molecule has 0 unspecified atom stereocenters. The van der Waals surface area contributed by atoms with Crippen LogP contribution in [-0.4, -0.2) is 0 Å². The van der Waals surface area contributed by atoms with Gasteiger partial charge in [-0.2, -0.15) is 0 Å². The van der Waals surface area contributed by atoms with Gasteiger partial charge in [-0.3, -0.25) is 0 Å². The summed E-state index contributed by atoms with van der Waals surface area (Å²) in [6.07, 6.45) is 2.13. The molecule has 0 saturated heterocycles. The van der Waals surface area contributed by atoms with E-state index in [9.17, 15) is 8.78 Å². The molecule has 0 amide bonds. The molecule has 0 rings (SSSR count). The minimum absolute atomic E-state index is 0.289. The van der Waals surface area contributed by atoms with E-state index in [0.29, 0.717) is 0 Å². The molecule has 56 valence electrons. The lowest BCUT2D eigenvalue weighted by molar-refractivity contribution is 0.626. The second-order valence-electron chi connectivity index (χ2n) is 1.95. The van der Waals surface area contributed by atoms with Crippen molar-refractivity contribution in [2.45, 2.75) is 13.8 Å². The molecule has 0 spiro atoms. The fourth-order valence-electron chi connectivity index (χ4n) is 0.365. The van der Waals surface area contributed by atoms with Gasteiger partial charge in [0.25, 0.3) is 0 Å². The summed E-state index contributed by atoms with van der Waals surface area (Å²) in [4.78, 5) is 0. The van der Waals surface area contributed by atoms with Crippen LogP contribution in [0.25, 0.3) is 0 Å². The van der Waals surface area contributed by atoms with E-state index in [1.165, 1.54) is 13.8 Å². The van der Waals surface area contributed by atoms with Gasteiger partial charge < -0.3 is 0 Å². The normalized spacial score (nSPS) is 14.6. The van der Waals surface area contributed by atoms with Crippen molar-refractivity contribution in [1.29, 1.82) is 0 Å². The first-order chi connectivity index (χ1) is 4.57. The third kappa shape index (κ3) is 3.17. The third-order valence-electron chi connectivity index (χ3n) is 1.09. The Bertz CT molecular complexity index is 183. The molecule has 2 heteroatoms. The molecule has 0 heterocycles. The molecule has 0 atom stereocenters. The van der Waals surface area contributed by atoms with Gasteiger partial charge in [-0.25, -0.2) is 8.78 Å². The zero-order chi connectivity index (χ0) is 8.15. The van der Waals surface area contributed by atoms with E-state index in [2.05, 4.69) is 6.58 Å². The molecule has 0 aromatic rings. The van der Waals surface area contributed by atoms with Crippen molar-refractivity contribution in [2.75, 3.05) is 0 Å². The fourth-order valence-corrected chi connectivity index (χ4v) is 0.365. The molecule has 0 aromatic heterocycles. The summed E-state index contributed by atoms with van der Waals surface area (Å²) >= 11 is 0. The van der Waals surface area contributed by atoms with Crippen LogP contribution in [0.5, 0.6) is 0 Å². The van der Waals surface area contributed by atoms with Crippen molar-refractivity contribution >= 4 is 0 Å². The van der Waals surface area contributed by atoms with E-state index in [1.54, 1.807) is 0 Å². The molecular formula is C8H10F2. The molecule has 0 fully saturated rings. The van der Waals surface area contributed by atoms with Crippen LogP contribution in [0, 0.1) is 0 Å². The zero-order valence-electron chi connectivity index (χ0n) is 6.12. The highest BCUT2D eigenvalue weighted by Gasteiger charge is 1.92. The summed E-state index contributed by atoms with van der Waals surface area (Å²) in [5.74, 6) is -0.897. The highest BCUT2D eigenvalue weighted by atomic mass is 19.1. The van der Waals surface area contributed by atoms with Gasteiger partial charge in [0.2, 0.25) is 0 Å². The molecule has 0 aliphatic rings. The largest absolute Gasteiger partial charge is 0.212 e. The average Bonchev–Trinajstić information content (AvgIpc) is 1.87. The monoisotopic (exact) mass is 144 g/mol. The van der Waals surface area contributed by atoms with Gasteiger partial charge in [0.15, 0.2) is 0 Å². The first kappa shape index (κ1) is 9.08. The van der Waals surface area contributed by atoms with E-state index >= 15 is 0 Å². The van der Waals surface area contributed by atoms with E-state index < -0.39 is 5.83 Å². The quantitative estimate of drug-likeness (QED) is 0.521. The van der Waals surface area contributed by atoms with E-state index in [1.807, 2.05) is 0 Å². The second-order valence-corrected chi connectivity index (χ2v) is 1.95. The topological polar surface area (TPSA) is 0 Å². The average molecular weight is 144 g/mol. The summed E-state index contributed by atoms with van der Waals surface area (Å²) in [6.45, 7) is 5.96. The van der Waals surface area contributed by atoms with Gasteiger partial charge in [-0.05, 0) is 31.6 Å². The van der Waals surface area contributed by atoms with Crippen molar-refractivity contribution in [3.63, 3.8) is 0 Å². The van der Waals surface area contributed by atoms with Crippen molar-refractivity contribution in [2.24, 2.45) is 0 Å². The molecule has 0 N–H and O–H groups in total. The number of rotatable bonds is 2. The van der Waals surface area contributed by atoms with Crippen LogP contribution in [0.3, 0.4) is 0 Å². The molecule has 10 heavy (non-hydrogen) atoms. The van der Waals surface area contributed by atoms with Crippen LogP contribution in [-0.2, 0) is 0 Å². The number of halogens is 2. The lowest BCUT2D eigenvalue weighted by atomic mass is 10.2. The molecule has 0 saturated carbocycles. The smallest absolute Gasteiger partial charge is 0.122 e. The zero-order valence-corrected chi connectivity index (χ0v) is 6.12. The molecule has 0 radical (unpaired) electrons. The molecule has 0 nitrogen and oxygen atoms in total. The predicted octanol–water partition coefficient (Wildman–Crippen LogP) is 3.29. The minimum Gasteiger partial charge on any atom is -0.212 e. The molecule has 0 bridgehead atoms. The number of allylic oxidation sites excluding steroid dienone is 5. The molecule has 0 aromatic carbocycles. The Hall–Kier alpha value is -0.920. The van der Waals surface area contributed by atoms with Crippen LogP contribution in [0.1, 0.15) is 13.8 Å². The maximum Gasteiger partial charge on any atom is 0.122 e. The van der Waals surface area contributed by atoms with Gasteiger partial charge in [-0.15, -0.1) is 0 Å². The van der Waals surface area contributed by atoms with Crippen LogP contribution < -0.4 is 0 Å². The maximum absolute atomic E-state index is 12.3. The molecular weight excluding hydrogens is 134 g/mol. The Labute approximate surface area is 59.6 Å². The lowest BCUT2D eigenvalue weighted by Gasteiger charge is -1.90. The Morgan fingerprint density at radius 2 is 1.80 bits per heavy atom. The first-order valence-electron chi connectivity index (χ1n) is 2.90. The lowest BCUT2D eigenvalue weighted by Crippen LogP contribution is -1.73. The molecule has 0 aliphatic carbocycles. The van der Waals surface area contributed by atoms with Crippen molar-refractivity contribution in [3.8, 4) is 0 Å². The SMILES string of the molecule is C=C/C(F)=C\C(C)=C(/C)F. The summed E-state index contributed by atoms with van der Waals surface area (Å²) in [6, 6.07) is 0. The summed E-state index contributed by atoms with van der Waals surface area (Å²) in [7, 11) is 0. The van der Waals surface area contributed by atoms with E-state index in [4.69, 9.17) is 0 Å². The van der Waals surface area contributed by atoms with Gasteiger partial charge in [0.05, 0.1) is 5.83 Å². The minimum atomic E-state index is -0.519. The predicted molar refractivity (Wildman–Crippen MR) is 38.9 cm³/mol. The highest BCUT2D eigenvalue weighted by molar-refractivity contribution is 5.24. The third-order valence-corrected chi connectivity index (χ3v) is 1.09. The Morgan fingerprint density at radius 1 is 1.30 bits per heavy atom. The van der Waals surface area contributed by atoms with Crippen LogP contribution in [0.15, 0.2) is 36.0 Å². The first-order valence-corrected chi connectivity index (χ1v) is 2.90. The second kappa shape index (κ2) is 3.99. The highest BCUT2D eigenvalue weighted by Crippen LogP contribution is 2.09. The maximum atomic E-state index is 12.3. The van der Waals surface area contributed by atoms with Crippen molar-refractivity contribution in [3.05, 3.63) is 36.0 Å². The van der Waals surface area contributed by atoms with Crippen molar-refractivity contribution < 1.29 is 8.78 Å². The summed E-state index contributed by atoms with van der Waals surface area (Å²) in [5.41, 5.74) is 0.289. The summed E-state index contributed by atoms with van der Waals surface area (Å²) < 4.78 is 24.5. The van der Waals surface area contributed by atoms with Gasteiger partial charge >= 0.3 is 0 Å².